The summed E-state index contributed by atoms with van der Waals surface area (Å²) in [6.45, 7) is 4.24. The van der Waals surface area contributed by atoms with Gasteiger partial charge in [0.2, 0.25) is 5.78 Å². The first-order valence-electron chi connectivity index (χ1n) is 6.51. The van der Waals surface area contributed by atoms with E-state index in [-0.39, 0.29) is 5.78 Å². The molecule has 0 radical (unpaired) electrons. The van der Waals surface area contributed by atoms with Crippen LogP contribution in [-0.4, -0.2) is 21.4 Å². The van der Waals surface area contributed by atoms with Gasteiger partial charge >= 0.3 is 5.97 Å². The SMILES string of the molecule is Cc1coc(C(=O)c2c(C)cc3n2CCC3C(=O)O)c1. The number of carbonyl (C=O) groups excluding carboxylic acids is 1. The summed E-state index contributed by atoms with van der Waals surface area (Å²) in [5, 5.41) is 9.20. The van der Waals surface area contributed by atoms with Crippen molar-refractivity contribution in [3.63, 3.8) is 0 Å². The highest BCUT2D eigenvalue weighted by Gasteiger charge is 2.33. The van der Waals surface area contributed by atoms with Gasteiger partial charge < -0.3 is 14.1 Å². The summed E-state index contributed by atoms with van der Waals surface area (Å²) in [5.74, 6) is -1.25. The van der Waals surface area contributed by atoms with Gasteiger partial charge in [0.25, 0.3) is 0 Å². The van der Waals surface area contributed by atoms with E-state index in [1.807, 2.05) is 18.4 Å². The molecule has 1 unspecified atom stereocenters. The van der Waals surface area contributed by atoms with E-state index in [2.05, 4.69) is 0 Å². The Morgan fingerprint density at radius 3 is 2.70 bits per heavy atom. The lowest BCUT2D eigenvalue weighted by atomic mass is 10.0. The van der Waals surface area contributed by atoms with Crippen LogP contribution < -0.4 is 0 Å². The number of furan rings is 1. The van der Waals surface area contributed by atoms with Crippen molar-refractivity contribution in [3.05, 3.63) is 46.7 Å². The van der Waals surface area contributed by atoms with E-state index in [0.717, 1.165) is 11.1 Å². The molecule has 1 aliphatic rings. The number of rotatable bonds is 3. The lowest BCUT2D eigenvalue weighted by Crippen LogP contribution is -2.10. The maximum absolute atomic E-state index is 12.5. The Morgan fingerprint density at radius 1 is 1.35 bits per heavy atom. The third kappa shape index (κ3) is 1.78. The normalized spacial score (nSPS) is 17.2. The van der Waals surface area contributed by atoms with Gasteiger partial charge in [-0.3, -0.25) is 9.59 Å². The maximum atomic E-state index is 12.5. The van der Waals surface area contributed by atoms with Gasteiger partial charge in [0, 0.05) is 12.2 Å². The summed E-state index contributed by atoms with van der Waals surface area (Å²) >= 11 is 0. The largest absolute Gasteiger partial charge is 0.481 e. The van der Waals surface area contributed by atoms with Gasteiger partial charge in [0.15, 0.2) is 5.76 Å². The molecule has 3 rings (SSSR count). The summed E-state index contributed by atoms with van der Waals surface area (Å²) < 4.78 is 7.07. The zero-order valence-corrected chi connectivity index (χ0v) is 11.3. The predicted octanol–water partition coefficient (Wildman–Crippen LogP) is 2.50. The van der Waals surface area contributed by atoms with Crippen molar-refractivity contribution < 1.29 is 19.1 Å². The topological polar surface area (TPSA) is 72.4 Å². The number of ketones is 1. The fourth-order valence-electron chi connectivity index (χ4n) is 2.86. The molecule has 1 aliphatic heterocycles. The quantitative estimate of drug-likeness (QED) is 0.872. The van der Waals surface area contributed by atoms with E-state index in [0.29, 0.717) is 30.1 Å². The van der Waals surface area contributed by atoms with Gasteiger partial charge in [-0.25, -0.2) is 0 Å². The molecule has 2 aromatic heterocycles. The van der Waals surface area contributed by atoms with Crippen LogP contribution in [0.2, 0.25) is 0 Å². The van der Waals surface area contributed by atoms with Gasteiger partial charge in [-0.05, 0) is 43.5 Å². The van der Waals surface area contributed by atoms with Crippen LogP contribution in [0.5, 0.6) is 0 Å². The summed E-state index contributed by atoms with van der Waals surface area (Å²) in [5.41, 5.74) is 2.94. The second-order valence-electron chi connectivity index (χ2n) is 5.25. The van der Waals surface area contributed by atoms with Gasteiger partial charge in [0.05, 0.1) is 17.9 Å². The van der Waals surface area contributed by atoms with Gasteiger partial charge in [-0.1, -0.05) is 0 Å². The van der Waals surface area contributed by atoms with Crippen molar-refractivity contribution in [2.45, 2.75) is 32.7 Å². The first kappa shape index (κ1) is 12.7. The van der Waals surface area contributed by atoms with Gasteiger partial charge in [-0.15, -0.1) is 0 Å². The second kappa shape index (κ2) is 4.37. The molecular weight excluding hydrogens is 258 g/mol. The fourth-order valence-corrected chi connectivity index (χ4v) is 2.86. The molecule has 5 heteroatoms. The Bertz CT molecular complexity index is 708. The molecule has 0 saturated heterocycles. The van der Waals surface area contributed by atoms with E-state index >= 15 is 0 Å². The lowest BCUT2D eigenvalue weighted by molar-refractivity contribution is -0.138. The number of carboxylic acids is 1. The summed E-state index contributed by atoms with van der Waals surface area (Å²) in [4.78, 5) is 23.7. The van der Waals surface area contributed by atoms with Crippen LogP contribution >= 0.6 is 0 Å². The van der Waals surface area contributed by atoms with Crippen LogP contribution in [0.4, 0.5) is 0 Å². The molecule has 0 aliphatic carbocycles. The molecule has 3 heterocycles. The number of carboxylic acid groups (broad SMARTS) is 1. The van der Waals surface area contributed by atoms with Crippen LogP contribution in [-0.2, 0) is 11.3 Å². The summed E-state index contributed by atoms with van der Waals surface area (Å²) in [6.07, 6.45) is 2.07. The highest BCUT2D eigenvalue weighted by Crippen LogP contribution is 2.33. The third-order valence-electron chi connectivity index (χ3n) is 3.79. The highest BCUT2D eigenvalue weighted by molar-refractivity contribution is 6.07. The van der Waals surface area contributed by atoms with Crippen molar-refractivity contribution in [1.29, 1.82) is 0 Å². The van der Waals surface area contributed by atoms with Crippen molar-refractivity contribution in [2.75, 3.05) is 0 Å². The minimum atomic E-state index is -0.839. The average Bonchev–Trinajstić information content (AvgIpc) is 3.02. The Kier molecular flexibility index (Phi) is 2.78. The molecule has 1 N–H and O–H groups in total. The Labute approximate surface area is 115 Å². The number of nitrogens with zero attached hydrogens (tertiary/aromatic N) is 1. The number of fused-ring (bicyclic) bond motifs is 1. The predicted molar refractivity (Wildman–Crippen MR) is 71.0 cm³/mol. The van der Waals surface area contributed by atoms with Crippen LogP contribution in [0.25, 0.3) is 0 Å². The molecule has 104 valence electrons. The molecule has 2 aromatic rings. The molecule has 0 aromatic carbocycles. The monoisotopic (exact) mass is 273 g/mol. The summed E-state index contributed by atoms with van der Waals surface area (Å²) in [6, 6.07) is 3.50. The fraction of sp³-hybridized carbons (Fsp3) is 0.333. The molecular formula is C15H15NO4. The minimum Gasteiger partial charge on any atom is -0.481 e. The van der Waals surface area contributed by atoms with E-state index in [1.54, 1.807) is 12.1 Å². The van der Waals surface area contributed by atoms with Crippen LogP contribution in [0.3, 0.4) is 0 Å². The van der Waals surface area contributed by atoms with Crippen LogP contribution in [0, 0.1) is 13.8 Å². The number of carbonyl (C=O) groups is 2. The molecule has 0 amide bonds. The van der Waals surface area contributed by atoms with E-state index in [9.17, 15) is 14.7 Å². The molecule has 1 atom stereocenters. The van der Waals surface area contributed by atoms with E-state index in [1.165, 1.54) is 6.26 Å². The summed E-state index contributed by atoms with van der Waals surface area (Å²) in [7, 11) is 0. The third-order valence-corrected chi connectivity index (χ3v) is 3.79. The van der Waals surface area contributed by atoms with Crippen molar-refractivity contribution in [1.82, 2.24) is 4.57 Å². The second-order valence-corrected chi connectivity index (χ2v) is 5.25. The van der Waals surface area contributed by atoms with E-state index in [4.69, 9.17) is 4.42 Å². The Balaban J connectivity index is 2.06. The zero-order valence-electron chi connectivity index (χ0n) is 11.3. The van der Waals surface area contributed by atoms with Crippen molar-refractivity contribution >= 4 is 11.8 Å². The van der Waals surface area contributed by atoms with Crippen molar-refractivity contribution in [2.24, 2.45) is 0 Å². The standard InChI is InChI=1S/C15H15NO4/c1-8-5-12(20-7-8)14(17)13-9(2)6-11-10(15(18)19)3-4-16(11)13/h5-7,10H,3-4H2,1-2H3,(H,18,19). The smallest absolute Gasteiger partial charge is 0.312 e. The van der Waals surface area contributed by atoms with Crippen LogP contribution in [0.15, 0.2) is 22.8 Å². The number of aliphatic carboxylic acids is 1. The van der Waals surface area contributed by atoms with E-state index < -0.39 is 11.9 Å². The van der Waals surface area contributed by atoms with Crippen LogP contribution in [0.1, 0.15) is 45.4 Å². The molecule has 0 fully saturated rings. The molecule has 0 bridgehead atoms. The Hall–Kier alpha value is -2.30. The molecule has 20 heavy (non-hydrogen) atoms. The molecule has 0 spiro atoms. The zero-order chi connectivity index (χ0) is 14.4. The van der Waals surface area contributed by atoms with Gasteiger partial charge in [0.1, 0.15) is 0 Å². The number of hydrogen-bond acceptors (Lipinski definition) is 3. The average molecular weight is 273 g/mol. The lowest BCUT2D eigenvalue weighted by Gasteiger charge is -2.04. The molecule has 5 nitrogen and oxygen atoms in total. The van der Waals surface area contributed by atoms with Crippen molar-refractivity contribution in [3.8, 4) is 0 Å². The molecule has 0 saturated carbocycles. The number of hydrogen-bond donors (Lipinski definition) is 1. The maximum Gasteiger partial charge on any atom is 0.312 e. The number of aromatic nitrogens is 1. The van der Waals surface area contributed by atoms with Gasteiger partial charge in [-0.2, -0.15) is 0 Å². The Morgan fingerprint density at radius 2 is 2.10 bits per heavy atom. The first-order chi connectivity index (χ1) is 9.49. The first-order valence-corrected chi connectivity index (χ1v) is 6.51. The highest BCUT2D eigenvalue weighted by atomic mass is 16.4. The number of aryl methyl sites for hydroxylation is 2. The minimum absolute atomic E-state index is 0.187.